The molecule has 0 saturated heterocycles. The Kier molecular flexibility index (Phi) is 4.75. The zero-order valence-electron chi connectivity index (χ0n) is 10.7. The number of phenolic OH excluding ortho intramolecular Hbond substituents is 1. The third-order valence-electron chi connectivity index (χ3n) is 3.32. The molecule has 0 spiro atoms. The van der Waals surface area contributed by atoms with Gasteiger partial charge in [-0.1, -0.05) is 26.8 Å². The lowest BCUT2D eigenvalue weighted by Crippen LogP contribution is -2.38. The van der Waals surface area contributed by atoms with Crippen LogP contribution in [-0.2, 0) is 4.43 Å². The summed E-state index contributed by atoms with van der Waals surface area (Å²) in [5, 5.41) is 9.34. The lowest BCUT2D eigenvalue weighted by atomic mass is 10.2. The SMILES string of the molecule is CC[Si](CC)(CC)OC(=O)c1cccc(O)c1. The average Bonchev–Trinajstić information content (AvgIpc) is 2.36. The molecule has 0 aliphatic rings. The van der Waals surface area contributed by atoms with Crippen molar-refractivity contribution in [2.24, 2.45) is 0 Å². The van der Waals surface area contributed by atoms with Crippen molar-refractivity contribution < 1.29 is 14.3 Å². The smallest absolute Gasteiger partial charge is 0.324 e. The van der Waals surface area contributed by atoms with Crippen LogP contribution in [0.1, 0.15) is 31.1 Å². The van der Waals surface area contributed by atoms with Crippen LogP contribution in [0.3, 0.4) is 0 Å². The van der Waals surface area contributed by atoms with E-state index in [4.69, 9.17) is 4.43 Å². The maximum Gasteiger partial charge on any atom is 0.324 e. The van der Waals surface area contributed by atoms with Crippen molar-refractivity contribution in [2.45, 2.75) is 38.9 Å². The topological polar surface area (TPSA) is 46.5 Å². The van der Waals surface area contributed by atoms with Gasteiger partial charge in [-0.3, -0.25) is 0 Å². The van der Waals surface area contributed by atoms with Crippen LogP contribution in [0.4, 0.5) is 0 Å². The molecule has 0 heterocycles. The summed E-state index contributed by atoms with van der Waals surface area (Å²) in [6, 6.07) is 9.12. The molecule has 0 unspecified atom stereocenters. The van der Waals surface area contributed by atoms with Crippen LogP contribution in [0.15, 0.2) is 24.3 Å². The predicted molar refractivity (Wildman–Crippen MR) is 70.7 cm³/mol. The van der Waals surface area contributed by atoms with Crippen LogP contribution in [0, 0.1) is 0 Å². The number of phenols is 1. The molecule has 0 amide bonds. The van der Waals surface area contributed by atoms with E-state index < -0.39 is 8.32 Å². The molecule has 94 valence electrons. The van der Waals surface area contributed by atoms with Gasteiger partial charge < -0.3 is 9.53 Å². The van der Waals surface area contributed by atoms with Gasteiger partial charge >= 0.3 is 5.97 Å². The van der Waals surface area contributed by atoms with Crippen molar-refractivity contribution >= 4 is 14.3 Å². The zero-order chi connectivity index (χ0) is 12.9. The molecular formula is C13H20O3Si. The van der Waals surface area contributed by atoms with Gasteiger partial charge in [0.15, 0.2) is 0 Å². The zero-order valence-corrected chi connectivity index (χ0v) is 11.7. The molecule has 0 radical (unpaired) electrons. The first kappa shape index (κ1) is 13.8. The highest BCUT2D eigenvalue weighted by molar-refractivity contribution is 6.75. The van der Waals surface area contributed by atoms with E-state index in [2.05, 4.69) is 20.8 Å². The molecule has 1 aromatic rings. The fourth-order valence-corrected chi connectivity index (χ4v) is 4.30. The molecule has 0 aliphatic heterocycles. The maximum absolute atomic E-state index is 12.0. The van der Waals surface area contributed by atoms with Gasteiger partial charge in [-0.2, -0.15) is 0 Å². The Balaban J connectivity index is 2.84. The van der Waals surface area contributed by atoms with Gasteiger partial charge in [-0.15, -0.1) is 0 Å². The lowest BCUT2D eigenvalue weighted by Gasteiger charge is -2.27. The van der Waals surface area contributed by atoms with E-state index in [0.717, 1.165) is 18.1 Å². The van der Waals surface area contributed by atoms with E-state index in [1.807, 2.05) is 0 Å². The average molecular weight is 252 g/mol. The number of benzene rings is 1. The predicted octanol–water partition coefficient (Wildman–Crippen LogP) is 3.55. The van der Waals surface area contributed by atoms with Gasteiger partial charge in [0.05, 0.1) is 5.56 Å². The van der Waals surface area contributed by atoms with E-state index in [9.17, 15) is 9.90 Å². The second kappa shape index (κ2) is 5.86. The fraction of sp³-hybridized carbons (Fsp3) is 0.462. The molecule has 1 N–H and O–H groups in total. The van der Waals surface area contributed by atoms with Crippen molar-refractivity contribution in [2.75, 3.05) is 0 Å². The summed E-state index contributed by atoms with van der Waals surface area (Å²) < 4.78 is 5.72. The molecule has 1 rings (SSSR count). The molecule has 0 aromatic heterocycles. The molecule has 3 nitrogen and oxygen atoms in total. The van der Waals surface area contributed by atoms with Crippen LogP contribution in [0.25, 0.3) is 0 Å². The van der Waals surface area contributed by atoms with Crippen LogP contribution >= 0.6 is 0 Å². The normalized spacial score (nSPS) is 11.2. The van der Waals surface area contributed by atoms with E-state index in [0.29, 0.717) is 5.56 Å². The van der Waals surface area contributed by atoms with Crippen molar-refractivity contribution in [1.82, 2.24) is 0 Å². The summed E-state index contributed by atoms with van der Waals surface area (Å²) in [6.45, 7) is 6.24. The van der Waals surface area contributed by atoms with E-state index in [1.54, 1.807) is 18.2 Å². The van der Waals surface area contributed by atoms with Gasteiger partial charge in [0.25, 0.3) is 8.32 Å². The summed E-state index contributed by atoms with van der Waals surface area (Å²) in [6.07, 6.45) is 0. The summed E-state index contributed by atoms with van der Waals surface area (Å²) in [4.78, 5) is 12.0. The van der Waals surface area contributed by atoms with Gasteiger partial charge in [-0.05, 0) is 36.3 Å². The number of hydrogen-bond donors (Lipinski definition) is 1. The second-order valence-corrected chi connectivity index (χ2v) is 8.87. The number of rotatable bonds is 5. The molecule has 0 saturated carbocycles. The second-order valence-electron chi connectivity index (χ2n) is 4.18. The Bertz CT molecular complexity index is 378. The number of carbonyl (C=O) groups excluding carboxylic acids is 1. The molecule has 4 heteroatoms. The standard InChI is InChI=1S/C13H20O3Si/c1-4-17(5-2,6-3)16-13(15)11-8-7-9-12(14)10-11/h7-10,14H,4-6H2,1-3H3. The molecule has 0 bridgehead atoms. The van der Waals surface area contributed by atoms with Gasteiger partial charge in [-0.25, -0.2) is 4.79 Å². The molecule has 0 aliphatic carbocycles. The molecule has 1 aromatic carbocycles. The van der Waals surface area contributed by atoms with Gasteiger partial charge in [0.2, 0.25) is 0 Å². The van der Waals surface area contributed by atoms with E-state index in [-0.39, 0.29) is 11.7 Å². The maximum atomic E-state index is 12.0. The van der Waals surface area contributed by atoms with E-state index >= 15 is 0 Å². The Hall–Kier alpha value is -1.29. The fourth-order valence-electron chi connectivity index (χ4n) is 1.85. The minimum Gasteiger partial charge on any atom is -0.516 e. The summed E-state index contributed by atoms with van der Waals surface area (Å²) in [5.41, 5.74) is 0.428. The van der Waals surface area contributed by atoms with E-state index in [1.165, 1.54) is 6.07 Å². The summed E-state index contributed by atoms with van der Waals surface area (Å²) in [5.74, 6) is -0.214. The third kappa shape index (κ3) is 3.33. The highest BCUT2D eigenvalue weighted by atomic mass is 28.4. The Morgan fingerprint density at radius 3 is 2.29 bits per heavy atom. The van der Waals surface area contributed by atoms with Crippen molar-refractivity contribution in [3.05, 3.63) is 29.8 Å². The molecule has 17 heavy (non-hydrogen) atoms. The largest absolute Gasteiger partial charge is 0.516 e. The highest BCUT2D eigenvalue weighted by Gasteiger charge is 2.33. The van der Waals surface area contributed by atoms with Crippen LogP contribution < -0.4 is 0 Å². The van der Waals surface area contributed by atoms with Crippen LogP contribution in [0.5, 0.6) is 5.75 Å². The van der Waals surface area contributed by atoms with Gasteiger partial charge in [0.1, 0.15) is 5.75 Å². The minimum atomic E-state index is -1.91. The number of hydrogen-bond acceptors (Lipinski definition) is 3. The monoisotopic (exact) mass is 252 g/mol. The molecule has 0 fully saturated rings. The quantitative estimate of drug-likeness (QED) is 0.815. The molecule has 0 atom stereocenters. The first-order valence-corrected chi connectivity index (χ1v) is 8.62. The summed E-state index contributed by atoms with van der Waals surface area (Å²) >= 11 is 0. The van der Waals surface area contributed by atoms with Crippen molar-refractivity contribution in [3.8, 4) is 5.75 Å². The first-order valence-electron chi connectivity index (χ1n) is 6.09. The van der Waals surface area contributed by atoms with Crippen molar-refractivity contribution in [3.63, 3.8) is 0 Å². The lowest BCUT2D eigenvalue weighted by molar-refractivity contribution is 0.0717. The number of aromatic hydroxyl groups is 1. The Labute approximate surface area is 104 Å². The molecular weight excluding hydrogens is 232 g/mol. The van der Waals surface area contributed by atoms with Crippen LogP contribution in [0.2, 0.25) is 18.1 Å². The van der Waals surface area contributed by atoms with Crippen molar-refractivity contribution in [1.29, 1.82) is 0 Å². The third-order valence-corrected chi connectivity index (χ3v) is 7.81. The van der Waals surface area contributed by atoms with Gasteiger partial charge in [0, 0.05) is 0 Å². The van der Waals surface area contributed by atoms with Crippen LogP contribution in [-0.4, -0.2) is 19.4 Å². The number of carbonyl (C=O) groups is 1. The minimum absolute atomic E-state index is 0.0937. The Morgan fingerprint density at radius 2 is 1.82 bits per heavy atom. The highest BCUT2D eigenvalue weighted by Crippen LogP contribution is 2.23. The summed E-state index contributed by atoms with van der Waals surface area (Å²) in [7, 11) is -1.91. The first-order chi connectivity index (χ1) is 8.06. The Morgan fingerprint density at radius 1 is 1.24 bits per heavy atom.